The first-order chi connectivity index (χ1) is 7.99. The molecule has 1 rings (SSSR count). The Kier molecular flexibility index (Phi) is 4.71. The van der Waals surface area contributed by atoms with Crippen molar-refractivity contribution in [3.05, 3.63) is 23.4 Å². The molecule has 17 heavy (non-hydrogen) atoms. The Morgan fingerprint density at radius 3 is 2.76 bits per heavy atom. The number of aromatic nitrogens is 1. The molecule has 0 saturated carbocycles. The number of urea groups is 1. The Morgan fingerprint density at radius 1 is 1.53 bits per heavy atom. The lowest BCUT2D eigenvalue weighted by atomic mass is 10.4. The fourth-order valence-electron chi connectivity index (χ4n) is 1.02. The summed E-state index contributed by atoms with van der Waals surface area (Å²) in [7, 11) is 1.51. The van der Waals surface area contributed by atoms with Crippen molar-refractivity contribution in [2.24, 2.45) is 0 Å². The quantitative estimate of drug-likeness (QED) is 0.860. The lowest BCUT2D eigenvalue weighted by Gasteiger charge is -2.16. The third kappa shape index (κ3) is 4.69. The summed E-state index contributed by atoms with van der Waals surface area (Å²) in [5, 5.41) is 11.5. The first-order valence-electron chi connectivity index (χ1n) is 4.84. The largest absolute Gasteiger partial charge is 0.481 e. The number of carbonyl (C=O) groups is 2. The molecule has 1 aromatic heterocycles. The highest BCUT2D eigenvalue weighted by molar-refractivity contribution is 6.30. The maximum absolute atomic E-state index is 11.6. The molecule has 2 N–H and O–H groups in total. The summed E-state index contributed by atoms with van der Waals surface area (Å²) < 4.78 is 0. The number of halogens is 1. The van der Waals surface area contributed by atoms with Crippen molar-refractivity contribution in [3.8, 4) is 0 Å². The topological polar surface area (TPSA) is 82.5 Å². The van der Waals surface area contributed by atoms with E-state index in [2.05, 4.69) is 10.3 Å². The van der Waals surface area contributed by atoms with E-state index in [1.807, 2.05) is 0 Å². The van der Waals surface area contributed by atoms with Crippen molar-refractivity contribution in [2.45, 2.75) is 6.42 Å². The van der Waals surface area contributed by atoms with Gasteiger partial charge < -0.3 is 10.0 Å². The van der Waals surface area contributed by atoms with Crippen molar-refractivity contribution in [1.29, 1.82) is 0 Å². The molecule has 7 heteroatoms. The van der Waals surface area contributed by atoms with Gasteiger partial charge >= 0.3 is 12.0 Å². The van der Waals surface area contributed by atoms with E-state index in [9.17, 15) is 9.59 Å². The van der Waals surface area contributed by atoms with Crippen LogP contribution in [0.25, 0.3) is 0 Å². The Hall–Kier alpha value is -1.82. The Bertz CT molecular complexity index is 408. The smallest absolute Gasteiger partial charge is 0.322 e. The van der Waals surface area contributed by atoms with Crippen LogP contribution in [0.1, 0.15) is 6.42 Å². The van der Waals surface area contributed by atoms with E-state index in [1.165, 1.54) is 18.1 Å². The summed E-state index contributed by atoms with van der Waals surface area (Å²) >= 11 is 5.64. The van der Waals surface area contributed by atoms with Crippen LogP contribution in [0, 0.1) is 0 Å². The van der Waals surface area contributed by atoms with Crippen LogP contribution in [0.15, 0.2) is 18.3 Å². The van der Waals surface area contributed by atoms with Crippen molar-refractivity contribution < 1.29 is 14.7 Å². The molecule has 0 unspecified atom stereocenters. The number of hydrogen-bond donors (Lipinski definition) is 2. The normalized spacial score (nSPS) is 9.76. The van der Waals surface area contributed by atoms with E-state index < -0.39 is 12.0 Å². The summed E-state index contributed by atoms with van der Waals surface area (Å²) in [5.74, 6) is -0.587. The monoisotopic (exact) mass is 257 g/mol. The van der Waals surface area contributed by atoms with E-state index >= 15 is 0 Å². The van der Waals surface area contributed by atoms with E-state index in [-0.39, 0.29) is 13.0 Å². The summed E-state index contributed by atoms with van der Waals surface area (Å²) in [4.78, 5) is 27.1. The second-order valence-corrected chi connectivity index (χ2v) is 3.79. The van der Waals surface area contributed by atoms with E-state index in [0.717, 1.165) is 0 Å². The molecule has 1 heterocycles. The third-order valence-electron chi connectivity index (χ3n) is 1.97. The van der Waals surface area contributed by atoms with Gasteiger partial charge in [0.15, 0.2) is 0 Å². The molecule has 1 aromatic rings. The first kappa shape index (κ1) is 13.2. The highest BCUT2D eigenvalue weighted by atomic mass is 35.5. The van der Waals surface area contributed by atoms with Gasteiger partial charge in [-0.25, -0.2) is 9.78 Å². The molecule has 0 aliphatic heterocycles. The van der Waals surface area contributed by atoms with Gasteiger partial charge in [-0.3, -0.25) is 10.1 Å². The molecule has 0 atom stereocenters. The van der Waals surface area contributed by atoms with Gasteiger partial charge in [-0.05, 0) is 12.1 Å². The van der Waals surface area contributed by atoms with E-state index in [1.54, 1.807) is 12.1 Å². The van der Waals surface area contributed by atoms with Gasteiger partial charge in [0, 0.05) is 19.8 Å². The molecule has 0 fully saturated rings. The number of pyridine rings is 1. The van der Waals surface area contributed by atoms with Crippen LogP contribution in [-0.4, -0.2) is 40.6 Å². The number of carboxylic acids is 1. The van der Waals surface area contributed by atoms with Gasteiger partial charge in [0.05, 0.1) is 11.4 Å². The number of hydrogen-bond acceptors (Lipinski definition) is 3. The van der Waals surface area contributed by atoms with Crippen LogP contribution in [0.3, 0.4) is 0 Å². The number of rotatable bonds is 4. The first-order valence-corrected chi connectivity index (χ1v) is 5.22. The van der Waals surface area contributed by atoms with Gasteiger partial charge in [-0.2, -0.15) is 0 Å². The van der Waals surface area contributed by atoms with Crippen LogP contribution < -0.4 is 5.32 Å². The average molecular weight is 258 g/mol. The molecule has 0 radical (unpaired) electrons. The van der Waals surface area contributed by atoms with Crippen LogP contribution >= 0.6 is 11.6 Å². The Morgan fingerprint density at radius 2 is 2.24 bits per heavy atom. The molecule has 0 aromatic carbocycles. The van der Waals surface area contributed by atoms with E-state index in [4.69, 9.17) is 16.7 Å². The highest BCUT2D eigenvalue weighted by Gasteiger charge is 2.10. The minimum absolute atomic E-state index is 0.0992. The van der Waals surface area contributed by atoms with Gasteiger partial charge in [-0.1, -0.05) is 11.6 Å². The fraction of sp³-hybridized carbons (Fsp3) is 0.300. The van der Waals surface area contributed by atoms with Crippen LogP contribution in [0.2, 0.25) is 5.02 Å². The summed E-state index contributed by atoms with van der Waals surface area (Å²) in [5.41, 5.74) is 0. The van der Waals surface area contributed by atoms with Crippen LogP contribution in [-0.2, 0) is 4.79 Å². The predicted molar refractivity (Wildman–Crippen MR) is 63.1 cm³/mol. The Balaban J connectivity index is 2.48. The lowest BCUT2D eigenvalue weighted by molar-refractivity contribution is -0.137. The van der Waals surface area contributed by atoms with Crippen LogP contribution in [0.4, 0.5) is 10.6 Å². The average Bonchev–Trinajstić information content (AvgIpc) is 2.28. The second kappa shape index (κ2) is 6.05. The molecule has 0 saturated heterocycles. The standard InChI is InChI=1S/C10H12ClN3O3/c1-14(5-4-9(15)16)10(17)13-8-3-2-7(11)6-12-8/h2-3,6H,4-5H2,1H3,(H,15,16)(H,12,13,17). The maximum Gasteiger partial charge on any atom is 0.322 e. The molecule has 0 aliphatic rings. The third-order valence-corrected chi connectivity index (χ3v) is 2.19. The van der Waals surface area contributed by atoms with Crippen molar-refractivity contribution in [2.75, 3.05) is 18.9 Å². The maximum atomic E-state index is 11.6. The van der Waals surface area contributed by atoms with Crippen molar-refractivity contribution in [1.82, 2.24) is 9.88 Å². The molecule has 6 nitrogen and oxygen atoms in total. The summed E-state index contributed by atoms with van der Waals surface area (Å²) in [6, 6.07) is 2.74. The second-order valence-electron chi connectivity index (χ2n) is 3.36. The SMILES string of the molecule is CN(CCC(=O)O)C(=O)Nc1ccc(Cl)cn1. The minimum atomic E-state index is -0.950. The van der Waals surface area contributed by atoms with Crippen LogP contribution in [0.5, 0.6) is 0 Å². The van der Waals surface area contributed by atoms with Crippen molar-refractivity contribution >= 4 is 29.4 Å². The number of aliphatic carboxylic acids is 1. The summed E-state index contributed by atoms with van der Waals surface area (Å²) in [6.45, 7) is 0.134. The Labute approximate surface area is 103 Å². The summed E-state index contributed by atoms with van der Waals surface area (Å²) in [6.07, 6.45) is 1.31. The number of nitrogens with one attached hydrogen (secondary N) is 1. The number of carboxylic acid groups (broad SMARTS) is 1. The van der Waals surface area contributed by atoms with Gasteiger partial charge in [-0.15, -0.1) is 0 Å². The molecule has 0 spiro atoms. The predicted octanol–water partition coefficient (Wildman–Crippen LogP) is 1.67. The van der Waals surface area contributed by atoms with Crippen molar-refractivity contribution in [3.63, 3.8) is 0 Å². The number of amides is 2. The highest BCUT2D eigenvalue weighted by Crippen LogP contribution is 2.09. The number of carbonyl (C=O) groups excluding carboxylic acids is 1. The molecular formula is C10H12ClN3O3. The zero-order valence-electron chi connectivity index (χ0n) is 9.18. The molecule has 0 aliphatic carbocycles. The minimum Gasteiger partial charge on any atom is -0.481 e. The lowest BCUT2D eigenvalue weighted by Crippen LogP contribution is -2.33. The zero-order chi connectivity index (χ0) is 12.8. The van der Waals surface area contributed by atoms with Gasteiger partial charge in [0.2, 0.25) is 0 Å². The molecule has 0 bridgehead atoms. The van der Waals surface area contributed by atoms with Gasteiger partial charge in [0.1, 0.15) is 5.82 Å². The van der Waals surface area contributed by atoms with Gasteiger partial charge in [0.25, 0.3) is 0 Å². The molecule has 92 valence electrons. The molecule has 2 amide bonds. The fourth-order valence-corrected chi connectivity index (χ4v) is 1.13. The molecular weight excluding hydrogens is 246 g/mol. The zero-order valence-corrected chi connectivity index (χ0v) is 9.94. The van der Waals surface area contributed by atoms with E-state index in [0.29, 0.717) is 10.8 Å². The number of nitrogens with zero attached hydrogens (tertiary/aromatic N) is 2. The number of anilines is 1.